The summed E-state index contributed by atoms with van der Waals surface area (Å²) in [4.78, 5) is 31.5. The molecule has 0 spiro atoms. The van der Waals surface area contributed by atoms with Gasteiger partial charge < -0.3 is 10.3 Å². The third-order valence-electron chi connectivity index (χ3n) is 3.94. The molecule has 2 aromatic carbocycles. The van der Waals surface area contributed by atoms with E-state index in [1.54, 1.807) is 38.1 Å². The Hall–Kier alpha value is -3.47. The second-order valence-corrected chi connectivity index (χ2v) is 6.24. The van der Waals surface area contributed by atoms with Crippen molar-refractivity contribution in [3.63, 3.8) is 0 Å². The van der Waals surface area contributed by atoms with Crippen LogP contribution >= 0.6 is 0 Å². The molecule has 0 aliphatic rings. The fourth-order valence-electron chi connectivity index (χ4n) is 2.48. The van der Waals surface area contributed by atoms with Gasteiger partial charge in [-0.15, -0.1) is 0 Å². The minimum atomic E-state index is -0.212. The van der Waals surface area contributed by atoms with E-state index in [-0.39, 0.29) is 11.7 Å². The highest BCUT2D eigenvalue weighted by Gasteiger charge is 2.11. The van der Waals surface area contributed by atoms with Gasteiger partial charge in [0.15, 0.2) is 5.78 Å². The lowest BCUT2D eigenvalue weighted by Crippen LogP contribution is -2.11. The smallest absolute Gasteiger partial charge is 0.250 e. The summed E-state index contributed by atoms with van der Waals surface area (Å²) in [5.74, 6) is 0.398. The van der Waals surface area contributed by atoms with Crippen molar-refractivity contribution in [3.05, 3.63) is 72.3 Å². The van der Waals surface area contributed by atoms with Gasteiger partial charge in [-0.25, -0.2) is 4.98 Å². The predicted octanol–water partition coefficient (Wildman–Crippen LogP) is 4.50. The van der Waals surface area contributed by atoms with E-state index in [0.717, 1.165) is 16.6 Å². The summed E-state index contributed by atoms with van der Waals surface area (Å²) in [5.41, 5.74) is 4.65. The van der Waals surface area contributed by atoms with Crippen molar-refractivity contribution in [3.8, 4) is 11.4 Å². The number of aromatic amines is 1. The Morgan fingerprint density at radius 2 is 1.69 bits per heavy atom. The highest BCUT2D eigenvalue weighted by molar-refractivity contribution is 6.09. The van der Waals surface area contributed by atoms with Crippen molar-refractivity contribution in [2.45, 2.75) is 13.8 Å². The van der Waals surface area contributed by atoms with E-state index in [1.165, 1.54) is 0 Å². The maximum atomic E-state index is 12.1. The normalized spacial score (nSPS) is 10.5. The molecule has 1 heterocycles. The average molecular weight is 345 g/mol. The van der Waals surface area contributed by atoms with Gasteiger partial charge in [0, 0.05) is 22.4 Å². The number of imidazole rings is 1. The number of ketones is 1. The Morgan fingerprint density at radius 3 is 2.31 bits per heavy atom. The largest absolute Gasteiger partial charge is 0.338 e. The molecule has 1 amide bonds. The van der Waals surface area contributed by atoms with Gasteiger partial charge in [0.1, 0.15) is 5.82 Å². The summed E-state index contributed by atoms with van der Waals surface area (Å²) in [5, 5.41) is 2.76. The zero-order valence-corrected chi connectivity index (χ0v) is 14.7. The predicted molar refractivity (Wildman–Crippen MR) is 104 cm³/mol. The van der Waals surface area contributed by atoms with Crippen LogP contribution in [0.15, 0.2) is 66.8 Å². The van der Waals surface area contributed by atoms with E-state index < -0.39 is 0 Å². The second kappa shape index (κ2) is 6.80. The molecule has 5 heteroatoms. The van der Waals surface area contributed by atoms with Crippen LogP contribution in [0.2, 0.25) is 0 Å². The number of Topliss-reactive ketones (excluding diaryl/α,β-unsaturated/α-hetero) is 1. The molecule has 5 nitrogen and oxygen atoms in total. The van der Waals surface area contributed by atoms with Crippen molar-refractivity contribution >= 4 is 28.4 Å². The first-order valence-electron chi connectivity index (χ1n) is 8.12. The summed E-state index contributed by atoms with van der Waals surface area (Å²) in [6, 6.07) is 12.7. The fourth-order valence-corrected chi connectivity index (χ4v) is 2.48. The monoisotopic (exact) mass is 345 g/mol. The molecule has 0 fully saturated rings. The van der Waals surface area contributed by atoms with Crippen LogP contribution in [0.5, 0.6) is 0 Å². The van der Waals surface area contributed by atoms with Gasteiger partial charge in [-0.3, -0.25) is 9.59 Å². The minimum absolute atomic E-state index is 0.0827. The molecule has 2 N–H and O–H groups in total. The van der Waals surface area contributed by atoms with E-state index in [9.17, 15) is 9.59 Å². The zero-order valence-electron chi connectivity index (χ0n) is 14.7. The molecule has 0 aliphatic heterocycles. The quantitative estimate of drug-likeness (QED) is 0.528. The van der Waals surface area contributed by atoms with E-state index >= 15 is 0 Å². The van der Waals surface area contributed by atoms with Crippen LogP contribution in [0.25, 0.3) is 22.4 Å². The number of anilines is 1. The number of rotatable bonds is 5. The number of H-pyrrole nitrogens is 1. The zero-order chi connectivity index (χ0) is 18.8. The standard InChI is InChI=1S/C21H19N3O2/c1-12(2)19(25)15-7-10-17-18(11-15)24-20(23-17)14-5-8-16(9-6-14)22-21(26)13(3)4/h5-11H,1,3H2,2,4H3,(H,22,26)(H,23,24). The molecule has 0 saturated heterocycles. The molecule has 130 valence electrons. The molecule has 0 aliphatic carbocycles. The van der Waals surface area contributed by atoms with Crippen LogP contribution in [0, 0.1) is 0 Å². The molecule has 26 heavy (non-hydrogen) atoms. The number of aromatic nitrogens is 2. The summed E-state index contributed by atoms with van der Waals surface area (Å²) < 4.78 is 0. The average Bonchev–Trinajstić information content (AvgIpc) is 3.04. The SMILES string of the molecule is C=C(C)C(=O)Nc1ccc(-c2nc3ccc(C(=O)C(=C)C)cc3[nH]2)cc1. The highest BCUT2D eigenvalue weighted by Crippen LogP contribution is 2.23. The van der Waals surface area contributed by atoms with Crippen molar-refractivity contribution in [2.24, 2.45) is 0 Å². The Bertz CT molecular complexity index is 1040. The van der Waals surface area contributed by atoms with E-state index in [2.05, 4.69) is 28.4 Å². The highest BCUT2D eigenvalue weighted by atomic mass is 16.1. The first-order chi connectivity index (χ1) is 12.3. The third kappa shape index (κ3) is 3.47. The number of benzene rings is 2. The van der Waals surface area contributed by atoms with Crippen molar-refractivity contribution < 1.29 is 9.59 Å². The first kappa shape index (κ1) is 17.4. The number of nitrogens with one attached hydrogen (secondary N) is 2. The van der Waals surface area contributed by atoms with Crippen LogP contribution in [-0.4, -0.2) is 21.7 Å². The first-order valence-corrected chi connectivity index (χ1v) is 8.12. The summed E-state index contributed by atoms with van der Waals surface area (Å²) in [6.45, 7) is 10.7. The molecular formula is C21H19N3O2. The maximum Gasteiger partial charge on any atom is 0.250 e. The number of allylic oxidation sites excluding steroid dienone is 1. The van der Waals surface area contributed by atoms with Crippen LogP contribution in [0.1, 0.15) is 24.2 Å². The third-order valence-corrected chi connectivity index (χ3v) is 3.94. The molecule has 1 aromatic heterocycles. The number of hydrogen-bond donors (Lipinski definition) is 2. The molecule has 0 radical (unpaired) electrons. The van der Waals surface area contributed by atoms with Crippen molar-refractivity contribution in [1.82, 2.24) is 9.97 Å². The molecule has 0 atom stereocenters. The number of fused-ring (bicyclic) bond motifs is 1. The van der Waals surface area contributed by atoms with Crippen molar-refractivity contribution in [1.29, 1.82) is 0 Å². The van der Waals surface area contributed by atoms with Gasteiger partial charge in [0.05, 0.1) is 11.0 Å². The minimum Gasteiger partial charge on any atom is -0.338 e. The summed E-state index contributed by atoms with van der Waals surface area (Å²) in [7, 11) is 0. The van der Waals surface area contributed by atoms with Crippen LogP contribution < -0.4 is 5.32 Å². The Morgan fingerprint density at radius 1 is 1.00 bits per heavy atom. The molecule has 0 unspecified atom stereocenters. The number of hydrogen-bond acceptors (Lipinski definition) is 3. The van der Waals surface area contributed by atoms with Gasteiger partial charge in [0.25, 0.3) is 5.91 Å². The van der Waals surface area contributed by atoms with Gasteiger partial charge in [-0.1, -0.05) is 13.2 Å². The molecule has 3 aromatic rings. The molecule has 0 saturated carbocycles. The number of carbonyl (C=O) groups excluding carboxylic acids is 2. The number of amides is 1. The Balaban J connectivity index is 1.88. The van der Waals surface area contributed by atoms with Gasteiger partial charge >= 0.3 is 0 Å². The lowest BCUT2D eigenvalue weighted by Gasteiger charge is -2.05. The lowest BCUT2D eigenvalue weighted by molar-refractivity contribution is -0.112. The topological polar surface area (TPSA) is 74.8 Å². The van der Waals surface area contributed by atoms with Gasteiger partial charge in [-0.05, 0) is 61.9 Å². The Kier molecular flexibility index (Phi) is 4.54. The van der Waals surface area contributed by atoms with E-state index in [0.29, 0.717) is 28.2 Å². The van der Waals surface area contributed by atoms with Gasteiger partial charge in [0.2, 0.25) is 0 Å². The molecular weight excluding hydrogens is 326 g/mol. The van der Waals surface area contributed by atoms with E-state index in [4.69, 9.17) is 0 Å². The fraction of sp³-hybridized carbons (Fsp3) is 0.0952. The van der Waals surface area contributed by atoms with Gasteiger partial charge in [-0.2, -0.15) is 0 Å². The van der Waals surface area contributed by atoms with Crippen LogP contribution in [-0.2, 0) is 4.79 Å². The Labute approximate surface area is 151 Å². The summed E-state index contributed by atoms with van der Waals surface area (Å²) in [6.07, 6.45) is 0. The number of carbonyl (C=O) groups is 2. The van der Waals surface area contributed by atoms with E-state index in [1.807, 2.05) is 18.2 Å². The van der Waals surface area contributed by atoms with Crippen molar-refractivity contribution in [2.75, 3.05) is 5.32 Å². The number of nitrogens with zero attached hydrogens (tertiary/aromatic N) is 1. The molecule has 0 bridgehead atoms. The second-order valence-electron chi connectivity index (χ2n) is 6.24. The molecule has 3 rings (SSSR count). The lowest BCUT2D eigenvalue weighted by atomic mass is 10.1. The summed E-state index contributed by atoms with van der Waals surface area (Å²) >= 11 is 0. The van der Waals surface area contributed by atoms with Crippen LogP contribution in [0.4, 0.5) is 5.69 Å². The van der Waals surface area contributed by atoms with Crippen LogP contribution in [0.3, 0.4) is 0 Å². The maximum absolute atomic E-state index is 12.1.